The van der Waals surface area contributed by atoms with E-state index in [2.05, 4.69) is 41.5 Å². The summed E-state index contributed by atoms with van der Waals surface area (Å²) in [4.78, 5) is 0. The average molecular weight is 439 g/mol. The van der Waals surface area contributed by atoms with Crippen LogP contribution in [0, 0.1) is 69.5 Å². The summed E-state index contributed by atoms with van der Waals surface area (Å²) in [5.74, 6) is 9.85. The second-order valence-electron chi connectivity index (χ2n) is 15.7. The lowest BCUT2D eigenvalue weighted by molar-refractivity contribution is -0.104. The lowest BCUT2D eigenvalue weighted by atomic mass is 9.46. The fraction of sp³-hybridized carbons (Fsp3) is 1.00. The smallest absolute Gasteiger partial charge is 0.0907 e. The van der Waals surface area contributed by atoms with Crippen molar-refractivity contribution in [2.24, 2.45) is 69.5 Å². The minimum absolute atomic E-state index is 0.669. The molecule has 0 amide bonds. The average Bonchev–Trinajstić information content (AvgIpc) is 2.73. The lowest BCUT2D eigenvalue weighted by Gasteiger charge is -2.62. The minimum Gasteiger partial charge on any atom is -0.0907 e. The molecule has 9 unspecified atom stereocenters. The summed E-state index contributed by atoms with van der Waals surface area (Å²) < 4.78 is 0. The Morgan fingerprint density at radius 2 is 0.774 bits per heavy atom. The van der Waals surface area contributed by atoms with Crippen LogP contribution in [0.4, 0.5) is 0 Å². The van der Waals surface area contributed by atoms with E-state index in [9.17, 15) is 0 Å². The van der Waals surface area contributed by atoms with Crippen LogP contribution >= 0.6 is 0 Å². The predicted octanol–water partition coefficient (Wildman–Crippen LogP) is 8.70. The molecular formula is C30H51Al. The van der Waals surface area contributed by atoms with Crippen LogP contribution in [0.5, 0.6) is 0 Å². The van der Waals surface area contributed by atoms with Crippen molar-refractivity contribution in [2.75, 3.05) is 0 Å². The van der Waals surface area contributed by atoms with Crippen molar-refractivity contribution in [2.45, 2.75) is 115 Å². The highest BCUT2D eigenvalue weighted by atomic mass is 27.2. The molecule has 0 heterocycles. The van der Waals surface area contributed by atoms with Gasteiger partial charge in [0.2, 0.25) is 0 Å². The molecule has 0 radical (unpaired) electrons. The summed E-state index contributed by atoms with van der Waals surface area (Å²) in [6, 6.07) is 0. The Bertz CT molecular complexity index is 602. The fourth-order valence-electron chi connectivity index (χ4n) is 11.3. The monoisotopic (exact) mass is 438 g/mol. The minimum atomic E-state index is -0.669. The van der Waals surface area contributed by atoms with Crippen molar-refractivity contribution >= 4 is 14.1 Å². The third kappa shape index (κ3) is 3.24. The highest BCUT2D eigenvalue weighted by Gasteiger charge is 2.58. The summed E-state index contributed by atoms with van der Waals surface area (Å²) in [5, 5.41) is 5.21. The van der Waals surface area contributed by atoms with Gasteiger partial charge in [0.25, 0.3) is 14.1 Å². The first-order valence-electron chi connectivity index (χ1n) is 14.6. The Labute approximate surface area is 198 Å². The molecule has 0 saturated heterocycles. The van der Waals surface area contributed by atoms with Crippen molar-refractivity contribution in [3.05, 3.63) is 0 Å². The van der Waals surface area contributed by atoms with E-state index in [1.54, 1.807) is 73.6 Å². The standard InChI is InChI=1S/3C10H17.Al/c3*1-7-4-5-8-6-9(7)10(8,2)3;/h3*7-9H,1,4-6H2,2-3H3;. The van der Waals surface area contributed by atoms with Crippen molar-refractivity contribution in [3.63, 3.8) is 0 Å². The molecule has 174 valence electrons. The van der Waals surface area contributed by atoms with Gasteiger partial charge in [-0.05, 0) is 108 Å². The zero-order chi connectivity index (χ0) is 21.8. The zero-order valence-corrected chi connectivity index (χ0v) is 22.9. The maximum absolute atomic E-state index is 2.63. The summed E-state index contributed by atoms with van der Waals surface area (Å²) in [7, 11) is 0. The van der Waals surface area contributed by atoms with Crippen LogP contribution in [0.15, 0.2) is 0 Å². The summed E-state index contributed by atoms with van der Waals surface area (Å²) in [5.41, 5.74) is 2.05. The van der Waals surface area contributed by atoms with Gasteiger partial charge in [0, 0.05) is 0 Å². The summed E-state index contributed by atoms with van der Waals surface area (Å²) >= 11 is -0.669. The van der Waals surface area contributed by atoms with Crippen LogP contribution in [-0.4, -0.2) is 14.1 Å². The Morgan fingerprint density at radius 1 is 0.484 bits per heavy atom. The molecule has 9 aliphatic carbocycles. The van der Waals surface area contributed by atoms with Crippen LogP contribution < -0.4 is 0 Å². The molecule has 0 spiro atoms. The Balaban J connectivity index is 1.18. The van der Waals surface area contributed by atoms with Crippen molar-refractivity contribution < 1.29 is 0 Å². The van der Waals surface area contributed by atoms with Gasteiger partial charge in [-0.1, -0.05) is 76.7 Å². The van der Waals surface area contributed by atoms with Gasteiger partial charge in [-0.3, -0.25) is 0 Å². The number of fused-ring (bicyclic) bond motifs is 6. The van der Waals surface area contributed by atoms with Gasteiger partial charge in [-0.25, -0.2) is 0 Å². The molecular weight excluding hydrogens is 387 g/mol. The summed E-state index contributed by atoms with van der Waals surface area (Å²) in [6.45, 7) is 15.8. The molecule has 6 bridgehead atoms. The molecule has 9 atom stereocenters. The Kier molecular flexibility index (Phi) is 5.16. The Morgan fingerprint density at radius 3 is 1.00 bits per heavy atom. The summed E-state index contributed by atoms with van der Waals surface area (Å²) in [6.07, 6.45) is 14.3. The number of rotatable bonds is 6. The zero-order valence-electron chi connectivity index (χ0n) is 21.8. The van der Waals surface area contributed by atoms with Gasteiger partial charge in [-0.15, -0.1) is 0 Å². The van der Waals surface area contributed by atoms with Crippen molar-refractivity contribution in [1.29, 1.82) is 0 Å². The van der Waals surface area contributed by atoms with Crippen molar-refractivity contribution in [3.8, 4) is 0 Å². The molecule has 0 aromatic heterocycles. The molecule has 0 nitrogen and oxygen atoms in total. The van der Waals surface area contributed by atoms with Crippen LogP contribution in [0.25, 0.3) is 0 Å². The molecule has 0 aromatic carbocycles. The molecule has 0 N–H and O–H groups in total. The van der Waals surface area contributed by atoms with Crippen LogP contribution in [-0.2, 0) is 0 Å². The molecule has 9 fully saturated rings. The number of hydrogen-bond acceptors (Lipinski definition) is 0. The van der Waals surface area contributed by atoms with Gasteiger partial charge in [-0.2, -0.15) is 0 Å². The van der Waals surface area contributed by atoms with Crippen LogP contribution in [0.3, 0.4) is 0 Å². The maximum atomic E-state index is 2.63. The lowest BCUT2D eigenvalue weighted by Crippen LogP contribution is -2.55. The SMILES string of the molecule is CC1(C)C2CCC([CH2][Al]([CH2]C3CCC4CC3C4(C)C)[CH2]C3CCC4CC3C4(C)C)C1C2. The Hall–Kier alpha value is 0.532. The van der Waals surface area contributed by atoms with E-state index in [1.165, 1.54) is 0 Å². The highest BCUT2D eigenvalue weighted by Crippen LogP contribution is 2.66. The molecule has 0 aliphatic heterocycles. The number of hydrogen-bond donors (Lipinski definition) is 0. The molecule has 9 saturated carbocycles. The van der Waals surface area contributed by atoms with Gasteiger partial charge in [0.15, 0.2) is 0 Å². The largest absolute Gasteiger partial charge is 0.262 e. The quantitative estimate of drug-likeness (QED) is 0.364. The first-order chi connectivity index (χ1) is 14.6. The topological polar surface area (TPSA) is 0 Å². The van der Waals surface area contributed by atoms with Crippen molar-refractivity contribution in [1.82, 2.24) is 0 Å². The molecule has 9 rings (SSSR count). The first kappa shape index (κ1) is 22.0. The molecule has 9 aliphatic rings. The fourth-order valence-corrected chi connectivity index (χ4v) is 16.1. The van der Waals surface area contributed by atoms with E-state index in [4.69, 9.17) is 0 Å². The maximum Gasteiger partial charge on any atom is 0.262 e. The predicted molar refractivity (Wildman–Crippen MR) is 134 cm³/mol. The van der Waals surface area contributed by atoms with E-state index >= 15 is 0 Å². The van der Waals surface area contributed by atoms with E-state index < -0.39 is 14.1 Å². The van der Waals surface area contributed by atoms with Gasteiger partial charge in [0.1, 0.15) is 0 Å². The van der Waals surface area contributed by atoms with Gasteiger partial charge in [0.05, 0.1) is 0 Å². The molecule has 0 aromatic rings. The van der Waals surface area contributed by atoms with Crippen LogP contribution in [0.1, 0.15) is 99.3 Å². The highest BCUT2D eigenvalue weighted by molar-refractivity contribution is 6.59. The van der Waals surface area contributed by atoms with Gasteiger partial charge < -0.3 is 0 Å². The van der Waals surface area contributed by atoms with Gasteiger partial charge >= 0.3 is 0 Å². The third-order valence-electron chi connectivity index (χ3n) is 13.9. The van der Waals surface area contributed by atoms with E-state index in [-0.39, 0.29) is 0 Å². The molecule has 31 heavy (non-hydrogen) atoms. The molecule has 1 heteroatoms. The second kappa shape index (κ2) is 7.27. The van der Waals surface area contributed by atoms with E-state index in [0.717, 1.165) is 53.3 Å². The normalized spacial score (nSPS) is 49.9. The van der Waals surface area contributed by atoms with E-state index in [1.807, 2.05) is 0 Å². The van der Waals surface area contributed by atoms with E-state index in [0.29, 0.717) is 16.2 Å². The first-order valence-corrected chi connectivity index (χ1v) is 17.0. The van der Waals surface area contributed by atoms with Crippen LogP contribution in [0.2, 0.25) is 15.8 Å². The third-order valence-corrected chi connectivity index (χ3v) is 17.7. The second-order valence-corrected chi connectivity index (χ2v) is 18.8.